The molecule has 0 aromatic heterocycles. The van der Waals surface area contributed by atoms with Gasteiger partial charge in [-0.05, 0) is 0 Å². The van der Waals surface area contributed by atoms with Crippen LogP contribution in [0.4, 0.5) is 83.6 Å². The Morgan fingerprint density at radius 1 is 0.379 bits per heavy atom. The molecule has 0 unspecified atom stereocenters. The van der Waals surface area contributed by atoms with Gasteiger partial charge in [0.25, 0.3) is 0 Å². The second kappa shape index (κ2) is 6.82. The first-order chi connectivity index (χ1) is 12.2. The molecule has 0 radical (unpaired) electrons. The normalized spacial score (nSPS) is 16.6. The molecule has 0 fully saturated rings. The first kappa shape index (κ1) is 27.6. The minimum absolute atomic E-state index is 3.06. The monoisotopic (exact) mass is 485 g/mol. The van der Waals surface area contributed by atoms with Crippen molar-refractivity contribution in [1.82, 2.24) is 5.34 Å². The Kier molecular flexibility index (Phi) is 6.50. The van der Waals surface area contributed by atoms with Gasteiger partial charge in [0.15, 0.2) is 0 Å². The maximum Gasteiger partial charge on any atom is 0.460 e. The molecule has 0 saturated carbocycles. The minimum atomic E-state index is -8.77. The lowest BCUT2D eigenvalue weighted by atomic mass is 9.89. The van der Waals surface area contributed by atoms with E-state index in [0.29, 0.717) is 0 Å². The Hall–Kier alpha value is -1.37. The molecule has 0 N–H and O–H groups in total. The van der Waals surface area contributed by atoms with Crippen LogP contribution in [0, 0.1) is 0 Å². The number of hydrogen-bond donors (Lipinski definition) is 0. The fourth-order valence-corrected chi connectivity index (χ4v) is 1.45. The standard InChI is InChI=1S/C9H2F19N/c10-2(11,1-29(27)28)3(12,13)4(14,15)5(16,17)6(18,19)7(20,21)8(22,23)9(24,25)26/h1H2. The van der Waals surface area contributed by atoms with Crippen molar-refractivity contribution in [3.05, 3.63) is 0 Å². The van der Waals surface area contributed by atoms with E-state index in [2.05, 4.69) is 0 Å². The highest BCUT2D eigenvalue weighted by atomic mass is 19.4. The van der Waals surface area contributed by atoms with E-state index in [0.717, 1.165) is 0 Å². The number of rotatable bonds is 8. The zero-order valence-corrected chi connectivity index (χ0v) is 12.3. The highest BCUT2D eigenvalue weighted by Gasteiger charge is 2.95. The van der Waals surface area contributed by atoms with Crippen molar-refractivity contribution in [3.8, 4) is 0 Å². The third-order valence-corrected chi connectivity index (χ3v) is 3.11. The molecule has 0 aromatic rings. The van der Waals surface area contributed by atoms with Crippen LogP contribution >= 0.6 is 0 Å². The van der Waals surface area contributed by atoms with E-state index in [1.807, 2.05) is 0 Å². The van der Waals surface area contributed by atoms with E-state index in [4.69, 9.17) is 0 Å². The van der Waals surface area contributed by atoms with Crippen LogP contribution in [0.5, 0.6) is 0 Å². The van der Waals surface area contributed by atoms with Crippen molar-refractivity contribution in [2.45, 2.75) is 47.6 Å². The van der Waals surface area contributed by atoms with Crippen LogP contribution in [-0.4, -0.2) is 59.5 Å². The van der Waals surface area contributed by atoms with Gasteiger partial charge in [0.05, 0.1) is 0 Å². The Labute approximate surface area is 144 Å². The zero-order chi connectivity index (χ0) is 24.3. The third kappa shape index (κ3) is 3.64. The highest BCUT2D eigenvalue weighted by Crippen LogP contribution is 2.63. The molecule has 0 atom stereocenters. The van der Waals surface area contributed by atoms with Gasteiger partial charge in [-0.2, -0.15) is 74.6 Å². The Bertz CT molecular complexity index is 585. The van der Waals surface area contributed by atoms with Crippen LogP contribution < -0.4 is 0 Å². The summed E-state index contributed by atoms with van der Waals surface area (Å²) in [5.74, 6) is -58.2. The summed E-state index contributed by atoms with van der Waals surface area (Å²) < 4.78 is 238. The topological polar surface area (TPSA) is 3.24 Å². The summed E-state index contributed by atoms with van der Waals surface area (Å²) in [6.07, 6.45) is -7.85. The second-order valence-corrected chi connectivity index (χ2v) is 5.11. The van der Waals surface area contributed by atoms with E-state index < -0.39 is 59.5 Å². The predicted octanol–water partition coefficient (Wildman–Crippen LogP) is 6.07. The van der Waals surface area contributed by atoms with Gasteiger partial charge in [-0.25, -0.2) is 0 Å². The van der Waals surface area contributed by atoms with Crippen molar-refractivity contribution in [1.29, 1.82) is 0 Å². The first-order valence-electron chi connectivity index (χ1n) is 5.97. The van der Waals surface area contributed by atoms with Crippen LogP contribution in [0.15, 0.2) is 0 Å². The van der Waals surface area contributed by atoms with E-state index in [-0.39, 0.29) is 0 Å². The molecule has 0 rings (SSSR count). The number of hydrogen-bond acceptors (Lipinski definition) is 1. The van der Waals surface area contributed by atoms with Crippen molar-refractivity contribution in [3.63, 3.8) is 0 Å². The number of alkyl halides is 17. The zero-order valence-electron chi connectivity index (χ0n) is 12.3. The van der Waals surface area contributed by atoms with Gasteiger partial charge in [-0.3, -0.25) is 0 Å². The van der Waals surface area contributed by atoms with Crippen LogP contribution in [0.3, 0.4) is 0 Å². The van der Waals surface area contributed by atoms with Crippen LogP contribution in [0.2, 0.25) is 0 Å². The van der Waals surface area contributed by atoms with E-state index >= 15 is 0 Å². The molecule has 0 aliphatic carbocycles. The largest absolute Gasteiger partial charge is 0.460 e. The SMILES string of the molecule is FN(F)CC(F)(F)C(F)(F)C(F)(F)C(F)(F)C(F)(F)C(F)(F)C(F)(F)C(F)(F)F. The van der Waals surface area contributed by atoms with E-state index in [1.54, 1.807) is 0 Å². The fraction of sp³-hybridized carbons (Fsp3) is 1.00. The first-order valence-corrected chi connectivity index (χ1v) is 5.97. The minimum Gasteiger partial charge on any atom is -0.198 e. The highest BCUT2D eigenvalue weighted by molar-refractivity contribution is 5.15. The molecule has 0 aliphatic rings. The molecule has 0 saturated heterocycles. The molecule has 0 amide bonds. The quantitative estimate of drug-likeness (QED) is 0.298. The molecule has 0 heterocycles. The molecule has 20 heteroatoms. The molecule has 176 valence electrons. The fourth-order valence-electron chi connectivity index (χ4n) is 1.45. The predicted molar refractivity (Wildman–Crippen MR) is 49.6 cm³/mol. The van der Waals surface area contributed by atoms with Crippen LogP contribution in [-0.2, 0) is 0 Å². The van der Waals surface area contributed by atoms with Crippen molar-refractivity contribution in [2.24, 2.45) is 0 Å². The average Bonchev–Trinajstić information content (AvgIpc) is 2.43. The van der Waals surface area contributed by atoms with E-state index in [9.17, 15) is 83.6 Å². The lowest BCUT2D eigenvalue weighted by Crippen LogP contribution is -2.74. The van der Waals surface area contributed by atoms with Crippen molar-refractivity contribution >= 4 is 0 Å². The molecular weight excluding hydrogens is 483 g/mol. The molecule has 29 heavy (non-hydrogen) atoms. The van der Waals surface area contributed by atoms with Gasteiger partial charge in [-0.15, -0.1) is 8.96 Å². The average molecular weight is 485 g/mol. The Morgan fingerprint density at radius 2 is 0.621 bits per heavy atom. The van der Waals surface area contributed by atoms with Crippen molar-refractivity contribution in [2.75, 3.05) is 6.54 Å². The van der Waals surface area contributed by atoms with E-state index in [1.165, 1.54) is 0 Å². The number of halogens is 19. The van der Waals surface area contributed by atoms with Gasteiger partial charge < -0.3 is 0 Å². The molecular formula is C9H2F19N. The van der Waals surface area contributed by atoms with Crippen molar-refractivity contribution < 1.29 is 83.6 Å². The summed E-state index contributed by atoms with van der Waals surface area (Å²) in [4.78, 5) is 0. The lowest BCUT2D eigenvalue weighted by molar-refractivity contribution is -0.463. The maximum absolute atomic E-state index is 13.1. The summed E-state index contributed by atoms with van der Waals surface area (Å²) in [6, 6.07) is 0. The Morgan fingerprint density at radius 3 is 0.862 bits per heavy atom. The van der Waals surface area contributed by atoms with Crippen LogP contribution in [0.25, 0.3) is 0 Å². The summed E-state index contributed by atoms with van der Waals surface area (Å²) in [7, 11) is 0. The molecule has 1 nitrogen and oxygen atoms in total. The Balaban J connectivity index is 6.65. The van der Waals surface area contributed by atoms with Gasteiger partial charge in [0.1, 0.15) is 6.54 Å². The summed E-state index contributed by atoms with van der Waals surface area (Å²) in [5.41, 5.74) is 0. The molecule has 0 aromatic carbocycles. The van der Waals surface area contributed by atoms with Gasteiger partial charge in [0.2, 0.25) is 0 Å². The second-order valence-electron chi connectivity index (χ2n) is 5.11. The smallest absolute Gasteiger partial charge is 0.198 e. The van der Waals surface area contributed by atoms with Crippen LogP contribution in [0.1, 0.15) is 0 Å². The summed E-state index contributed by atoms with van der Waals surface area (Å²) in [6.45, 7) is -3.90. The molecule has 0 spiro atoms. The summed E-state index contributed by atoms with van der Waals surface area (Å²) in [5, 5.41) is -3.06. The van der Waals surface area contributed by atoms with Gasteiger partial charge >= 0.3 is 47.6 Å². The summed E-state index contributed by atoms with van der Waals surface area (Å²) >= 11 is 0. The van der Waals surface area contributed by atoms with Gasteiger partial charge in [-0.1, -0.05) is 0 Å². The number of nitrogens with zero attached hydrogens (tertiary/aromatic N) is 1. The van der Waals surface area contributed by atoms with Gasteiger partial charge in [0, 0.05) is 5.34 Å². The maximum atomic E-state index is 13.1. The molecule has 0 aliphatic heterocycles. The third-order valence-electron chi connectivity index (χ3n) is 3.11. The lowest BCUT2D eigenvalue weighted by Gasteiger charge is -2.42. The molecule has 0 bridgehead atoms.